The minimum absolute atomic E-state index is 0.163. The van der Waals surface area contributed by atoms with E-state index in [1.807, 2.05) is 0 Å². The van der Waals surface area contributed by atoms with Crippen LogP contribution in [0.3, 0.4) is 0 Å². The lowest BCUT2D eigenvalue weighted by molar-refractivity contribution is 0.0775. The van der Waals surface area contributed by atoms with Crippen LogP contribution in [0.4, 0.5) is 5.69 Å². The van der Waals surface area contributed by atoms with Gasteiger partial charge in [0.05, 0.1) is 18.1 Å². The highest BCUT2D eigenvalue weighted by atomic mass is 16.2. The molecule has 0 saturated heterocycles. The van der Waals surface area contributed by atoms with Gasteiger partial charge in [-0.2, -0.15) is 10.2 Å². The first-order valence-corrected chi connectivity index (χ1v) is 5.10. The number of nitrogens with one attached hydrogen (secondary N) is 1. The number of nitrogen functional groups attached to an aromatic ring is 1. The first-order valence-electron chi connectivity index (χ1n) is 5.10. The molecule has 1 amide bonds. The second-order valence-electron chi connectivity index (χ2n) is 3.84. The Morgan fingerprint density at radius 2 is 2.35 bits per heavy atom. The van der Waals surface area contributed by atoms with Crippen molar-refractivity contribution < 1.29 is 4.79 Å². The summed E-state index contributed by atoms with van der Waals surface area (Å²) < 4.78 is 1.48. The normalized spacial score (nSPS) is 10.5. The standard InChI is InChI=1S/C10H14N6O/c1-15(6-7-3-12-13-4-7)10(17)9-8(11)5-14-16(9)2/h3-5H,6,11H2,1-2H3,(H,12,13). The van der Waals surface area contributed by atoms with Crippen LogP contribution in [0.25, 0.3) is 0 Å². The summed E-state index contributed by atoms with van der Waals surface area (Å²) in [7, 11) is 3.40. The Bertz CT molecular complexity index is 495. The summed E-state index contributed by atoms with van der Waals surface area (Å²) in [6.45, 7) is 0.472. The topological polar surface area (TPSA) is 92.8 Å². The molecule has 17 heavy (non-hydrogen) atoms. The van der Waals surface area contributed by atoms with Gasteiger partial charge in [-0.05, 0) is 0 Å². The number of rotatable bonds is 3. The van der Waals surface area contributed by atoms with Gasteiger partial charge in [-0.25, -0.2) is 0 Å². The van der Waals surface area contributed by atoms with E-state index in [1.165, 1.54) is 10.9 Å². The van der Waals surface area contributed by atoms with E-state index in [-0.39, 0.29) is 5.91 Å². The molecule has 0 radical (unpaired) electrons. The summed E-state index contributed by atoms with van der Waals surface area (Å²) >= 11 is 0. The number of aromatic amines is 1. The van der Waals surface area contributed by atoms with Crippen molar-refractivity contribution in [3.8, 4) is 0 Å². The molecule has 2 aromatic rings. The van der Waals surface area contributed by atoms with E-state index in [0.29, 0.717) is 17.9 Å². The van der Waals surface area contributed by atoms with Gasteiger partial charge >= 0.3 is 0 Å². The third kappa shape index (κ3) is 2.12. The highest BCUT2D eigenvalue weighted by molar-refractivity contribution is 5.97. The molecule has 0 unspecified atom stereocenters. The Balaban J connectivity index is 2.15. The summed E-state index contributed by atoms with van der Waals surface area (Å²) in [4.78, 5) is 13.7. The van der Waals surface area contributed by atoms with Crippen molar-refractivity contribution in [3.05, 3.63) is 29.8 Å². The van der Waals surface area contributed by atoms with Crippen LogP contribution in [0.2, 0.25) is 0 Å². The van der Waals surface area contributed by atoms with E-state index in [1.54, 1.807) is 31.4 Å². The van der Waals surface area contributed by atoms with Gasteiger partial charge in [0.25, 0.3) is 5.91 Å². The van der Waals surface area contributed by atoms with Gasteiger partial charge in [-0.3, -0.25) is 14.6 Å². The maximum absolute atomic E-state index is 12.1. The van der Waals surface area contributed by atoms with E-state index in [0.717, 1.165) is 5.56 Å². The van der Waals surface area contributed by atoms with E-state index < -0.39 is 0 Å². The van der Waals surface area contributed by atoms with E-state index in [9.17, 15) is 4.79 Å². The maximum Gasteiger partial charge on any atom is 0.274 e. The Morgan fingerprint density at radius 1 is 1.59 bits per heavy atom. The Hall–Kier alpha value is -2.31. The number of anilines is 1. The molecule has 0 spiro atoms. The van der Waals surface area contributed by atoms with Crippen molar-refractivity contribution >= 4 is 11.6 Å². The predicted octanol–water partition coefficient (Wildman–Crippen LogP) is -0.00240. The summed E-state index contributed by atoms with van der Waals surface area (Å²) in [6.07, 6.45) is 4.89. The Kier molecular flexibility index (Phi) is 2.82. The van der Waals surface area contributed by atoms with Gasteiger partial charge in [0.1, 0.15) is 5.69 Å². The van der Waals surface area contributed by atoms with E-state index in [4.69, 9.17) is 5.73 Å². The molecule has 2 heterocycles. The summed E-state index contributed by atoms with van der Waals surface area (Å²) in [5, 5.41) is 10.5. The zero-order valence-electron chi connectivity index (χ0n) is 9.71. The van der Waals surface area contributed by atoms with Crippen molar-refractivity contribution in [2.24, 2.45) is 7.05 Å². The van der Waals surface area contributed by atoms with Crippen LogP contribution >= 0.6 is 0 Å². The number of nitrogens with two attached hydrogens (primary N) is 1. The van der Waals surface area contributed by atoms with E-state index >= 15 is 0 Å². The van der Waals surface area contributed by atoms with Crippen LogP contribution < -0.4 is 5.73 Å². The van der Waals surface area contributed by atoms with Crippen molar-refractivity contribution in [1.82, 2.24) is 24.9 Å². The number of amides is 1. The van der Waals surface area contributed by atoms with Crippen molar-refractivity contribution in [2.45, 2.75) is 6.54 Å². The van der Waals surface area contributed by atoms with Gasteiger partial charge in [-0.15, -0.1) is 0 Å². The van der Waals surface area contributed by atoms with Crippen LogP contribution in [0.1, 0.15) is 16.1 Å². The van der Waals surface area contributed by atoms with Gasteiger partial charge in [0, 0.05) is 32.4 Å². The molecule has 2 aromatic heterocycles. The number of carbonyl (C=O) groups excluding carboxylic acids is 1. The summed E-state index contributed by atoms with van der Waals surface area (Å²) in [6, 6.07) is 0. The zero-order valence-corrected chi connectivity index (χ0v) is 9.71. The minimum Gasteiger partial charge on any atom is -0.396 e. The monoisotopic (exact) mass is 234 g/mol. The van der Waals surface area contributed by atoms with Crippen molar-refractivity contribution in [1.29, 1.82) is 0 Å². The lowest BCUT2D eigenvalue weighted by Crippen LogP contribution is -2.28. The summed E-state index contributed by atoms with van der Waals surface area (Å²) in [5.74, 6) is -0.163. The fraction of sp³-hybridized carbons (Fsp3) is 0.300. The van der Waals surface area contributed by atoms with Crippen LogP contribution in [0.5, 0.6) is 0 Å². The smallest absolute Gasteiger partial charge is 0.274 e. The Labute approximate surface area is 98.2 Å². The SMILES string of the molecule is CN(Cc1cn[nH]c1)C(=O)c1c(N)cnn1C. The fourth-order valence-corrected chi connectivity index (χ4v) is 1.61. The number of hydrogen-bond donors (Lipinski definition) is 2. The predicted molar refractivity (Wildman–Crippen MR) is 62.0 cm³/mol. The second kappa shape index (κ2) is 4.28. The molecule has 0 bridgehead atoms. The highest BCUT2D eigenvalue weighted by Gasteiger charge is 2.19. The lowest BCUT2D eigenvalue weighted by Gasteiger charge is -2.16. The van der Waals surface area contributed by atoms with Gasteiger partial charge in [-0.1, -0.05) is 0 Å². The molecule has 0 aliphatic heterocycles. The molecule has 90 valence electrons. The van der Waals surface area contributed by atoms with Crippen LogP contribution in [-0.4, -0.2) is 37.8 Å². The molecule has 7 nitrogen and oxygen atoms in total. The number of carbonyl (C=O) groups is 1. The highest BCUT2D eigenvalue weighted by Crippen LogP contribution is 2.13. The van der Waals surface area contributed by atoms with Gasteiger partial charge in [0.15, 0.2) is 0 Å². The molecule has 3 N–H and O–H groups in total. The summed E-state index contributed by atoms with van der Waals surface area (Å²) in [5.41, 5.74) is 7.42. The van der Waals surface area contributed by atoms with Crippen LogP contribution in [0.15, 0.2) is 18.6 Å². The third-order valence-electron chi connectivity index (χ3n) is 2.49. The number of aromatic nitrogens is 4. The first kappa shape index (κ1) is 11.2. The average Bonchev–Trinajstić information content (AvgIpc) is 2.89. The van der Waals surface area contributed by atoms with Gasteiger partial charge in [0.2, 0.25) is 0 Å². The first-order chi connectivity index (χ1) is 8.09. The number of H-pyrrole nitrogens is 1. The van der Waals surface area contributed by atoms with Gasteiger partial charge < -0.3 is 10.6 Å². The van der Waals surface area contributed by atoms with Crippen LogP contribution in [0, 0.1) is 0 Å². The number of hydrogen-bond acceptors (Lipinski definition) is 4. The van der Waals surface area contributed by atoms with Crippen molar-refractivity contribution in [3.63, 3.8) is 0 Å². The minimum atomic E-state index is -0.163. The molecule has 0 saturated carbocycles. The molecule has 0 aliphatic carbocycles. The molecule has 0 atom stereocenters. The molecule has 0 aromatic carbocycles. The molecule has 7 heteroatoms. The second-order valence-corrected chi connectivity index (χ2v) is 3.84. The third-order valence-corrected chi connectivity index (χ3v) is 2.49. The fourth-order valence-electron chi connectivity index (χ4n) is 1.61. The molecule has 0 fully saturated rings. The maximum atomic E-state index is 12.1. The molecule has 0 aliphatic rings. The zero-order chi connectivity index (χ0) is 12.4. The number of nitrogens with zero attached hydrogens (tertiary/aromatic N) is 4. The van der Waals surface area contributed by atoms with Crippen LogP contribution in [-0.2, 0) is 13.6 Å². The Morgan fingerprint density at radius 3 is 2.88 bits per heavy atom. The molecular weight excluding hydrogens is 220 g/mol. The van der Waals surface area contributed by atoms with E-state index in [2.05, 4.69) is 15.3 Å². The average molecular weight is 234 g/mol. The number of aryl methyl sites for hydroxylation is 1. The largest absolute Gasteiger partial charge is 0.396 e. The quantitative estimate of drug-likeness (QED) is 0.781. The molecular formula is C10H14N6O. The lowest BCUT2D eigenvalue weighted by atomic mass is 10.3. The molecule has 2 rings (SSSR count). The van der Waals surface area contributed by atoms with Crippen molar-refractivity contribution in [2.75, 3.05) is 12.8 Å².